The molecular formula is C11H21NO3S. The van der Waals surface area contributed by atoms with E-state index in [-0.39, 0.29) is 23.7 Å². The molecule has 0 aliphatic rings. The molecular weight excluding hydrogens is 226 g/mol. The molecule has 1 amide bonds. The van der Waals surface area contributed by atoms with E-state index in [9.17, 15) is 9.59 Å². The third kappa shape index (κ3) is 6.71. The number of amides is 1. The highest BCUT2D eigenvalue weighted by Gasteiger charge is 2.12. The van der Waals surface area contributed by atoms with Crippen LogP contribution in [0.4, 0.5) is 0 Å². The number of hydrogen-bond acceptors (Lipinski definition) is 4. The van der Waals surface area contributed by atoms with E-state index in [1.165, 1.54) is 0 Å². The molecule has 0 aromatic heterocycles. The number of carbonyl (C=O) groups excluding carboxylic acids is 2. The van der Waals surface area contributed by atoms with Crippen molar-refractivity contribution in [3.8, 4) is 0 Å². The first-order valence-electron chi connectivity index (χ1n) is 5.52. The highest BCUT2D eigenvalue weighted by molar-refractivity contribution is 7.99. The molecule has 0 radical (unpaired) electrons. The first-order chi connectivity index (χ1) is 7.49. The largest absolute Gasteiger partial charge is 0.465 e. The Kier molecular flexibility index (Phi) is 8.07. The summed E-state index contributed by atoms with van der Waals surface area (Å²) in [5, 5.41) is 0. The molecule has 0 saturated heterocycles. The van der Waals surface area contributed by atoms with Crippen molar-refractivity contribution in [2.24, 2.45) is 17.6 Å². The van der Waals surface area contributed by atoms with Crippen LogP contribution in [-0.4, -0.2) is 30.0 Å². The molecule has 16 heavy (non-hydrogen) atoms. The van der Waals surface area contributed by atoms with Gasteiger partial charge in [-0.15, -0.1) is 0 Å². The molecule has 4 nitrogen and oxygen atoms in total. The quantitative estimate of drug-likeness (QED) is 0.520. The number of nitrogens with two attached hydrogens (primary N) is 1. The Hall–Kier alpha value is -0.710. The maximum absolute atomic E-state index is 11.3. The minimum absolute atomic E-state index is 0.0328. The molecule has 2 atom stereocenters. The third-order valence-electron chi connectivity index (χ3n) is 2.34. The van der Waals surface area contributed by atoms with Gasteiger partial charge in [-0.3, -0.25) is 9.59 Å². The van der Waals surface area contributed by atoms with Crippen LogP contribution in [0.3, 0.4) is 0 Å². The molecule has 0 aliphatic heterocycles. The fourth-order valence-electron chi connectivity index (χ4n) is 0.852. The zero-order valence-electron chi connectivity index (χ0n) is 10.2. The molecule has 0 heterocycles. The molecule has 0 aliphatic carbocycles. The summed E-state index contributed by atoms with van der Waals surface area (Å²) < 4.78 is 5.06. The van der Waals surface area contributed by atoms with E-state index < -0.39 is 0 Å². The molecule has 2 unspecified atom stereocenters. The lowest BCUT2D eigenvalue weighted by Gasteiger charge is -2.10. The Labute approximate surface area is 101 Å². The number of carbonyl (C=O) groups is 2. The van der Waals surface area contributed by atoms with Crippen molar-refractivity contribution in [2.45, 2.75) is 27.2 Å². The van der Waals surface area contributed by atoms with Gasteiger partial charge in [-0.05, 0) is 6.42 Å². The predicted molar refractivity (Wildman–Crippen MR) is 66.1 cm³/mol. The molecule has 2 N–H and O–H groups in total. The lowest BCUT2D eigenvalue weighted by atomic mass is 10.1. The van der Waals surface area contributed by atoms with Gasteiger partial charge in [-0.2, -0.15) is 11.8 Å². The second-order valence-electron chi connectivity index (χ2n) is 3.86. The minimum atomic E-state index is -0.288. The van der Waals surface area contributed by atoms with E-state index in [4.69, 9.17) is 10.5 Å². The van der Waals surface area contributed by atoms with Crippen LogP contribution >= 0.6 is 11.8 Å². The number of primary amides is 1. The van der Waals surface area contributed by atoms with Crippen LogP contribution in [0.15, 0.2) is 0 Å². The Morgan fingerprint density at radius 1 is 1.31 bits per heavy atom. The lowest BCUT2D eigenvalue weighted by Crippen LogP contribution is -2.22. The van der Waals surface area contributed by atoms with Gasteiger partial charge in [-0.1, -0.05) is 20.8 Å². The number of ether oxygens (including phenoxy) is 1. The van der Waals surface area contributed by atoms with Crippen molar-refractivity contribution in [3.63, 3.8) is 0 Å². The molecule has 0 spiro atoms. The van der Waals surface area contributed by atoms with Crippen molar-refractivity contribution in [2.75, 3.05) is 18.1 Å². The summed E-state index contributed by atoms with van der Waals surface area (Å²) in [5.74, 6) is 0.788. The summed E-state index contributed by atoms with van der Waals surface area (Å²) >= 11 is 1.57. The number of hydrogen-bond donors (Lipinski definition) is 1. The van der Waals surface area contributed by atoms with Gasteiger partial charge in [-0.25, -0.2) is 0 Å². The van der Waals surface area contributed by atoms with Gasteiger partial charge in [0.05, 0.1) is 5.92 Å². The van der Waals surface area contributed by atoms with E-state index in [1.54, 1.807) is 18.7 Å². The van der Waals surface area contributed by atoms with Crippen molar-refractivity contribution in [1.29, 1.82) is 0 Å². The fourth-order valence-corrected chi connectivity index (χ4v) is 1.74. The molecule has 94 valence electrons. The van der Waals surface area contributed by atoms with Gasteiger partial charge in [0.2, 0.25) is 5.91 Å². The standard InChI is InChI=1S/C11H21NO3S/c1-4-8(2)11(14)15-5-6-16-7-9(3)10(12)13/h8-9H,4-7H2,1-3H3,(H2,12,13). The predicted octanol–water partition coefficient (Wildman–Crippen LogP) is 1.43. The zero-order chi connectivity index (χ0) is 12.6. The van der Waals surface area contributed by atoms with Crippen LogP contribution in [-0.2, 0) is 14.3 Å². The second kappa shape index (κ2) is 8.44. The summed E-state index contributed by atoms with van der Waals surface area (Å²) in [6.45, 7) is 6.00. The maximum Gasteiger partial charge on any atom is 0.308 e. The van der Waals surface area contributed by atoms with E-state index in [2.05, 4.69) is 0 Å². The van der Waals surface area contributed by atoms with Crippen LogP contribution in [0.2, 0.25) is 0 Å². The highest BCUT2D eigenvalue weighted by atomic mass is 32.2. The van der Waals surface area contributed by atoms with E-state index in [0.717, 1.165) is 6.42 Å². The Morgan fingerprint density at radius 2 is 1.94 bits per heavy atom. The van der Waals surface area contributed by atoms with Crippen LogP contribution in [0.25, 0.3) is 0 Å². The fraction of sp³-hybridized carbons (Fsp3) is 0.818. The number of esters is 1. The summed E-state index contributed by atoms with van der Waals surface area (Å²) in [5.41, 5.74) is 5.12. The van der Waals surface area contributed by atoms with Crippen LogP contribution in [0, 0.1) is 11.8 Å². The molecule has 0 aromatic rings. The monoisotopic (exact) mass is 247 g/mol. The van der Waals surface area contributed by atoms with Crippen molar-refractivity contribution < 1.29 is 14.3 Å². The number of thioether (sulfide) groups is 1. The molecule has 0 saturated carbocycles. The van der Waals surface area contributed by atoms with E-state index >= 15 is 0 Å². The first-order valence-corrected chi connectivity index (χ1v) is 6.68. The molecule has 5 heteroatoms. The Bertz CT molecular complexity index is 233. The average molecular weight is 247 g/mol. The highest BCUT2D eigenvalue weighted by Crippen LogP contribution is 2.08. The first kappa shape index (κ1) is 15.3. The number of rotatable bonds is 8. The van der Waals surface area contributed by atoms with Crippen LogP contribution < -0.4 is 5.73 Å². The molecule has 0 bridgehead atoms. The maximum atomic E-state index is 11.3. The van der Waals surface area contributed by atoms with Gasteiger partial charge in [0.15, 0.2) is 0 Å². The summed E-state index contributed by atoms with van der Waals surface area (Å²) in [6, 6.07) is 0. The molecule has 0 rings (SSSR count). The van der Waals surface area contributed by atoms with Gasteiger partial charge >= 0.3 is 5.97 Å². The minimum Gasteiger partial charge on any atom is -0.465 e. The average Bonchev–Trinajstić information content (AvgIpc) is 2.26. The summed E-state index contributed by atoms with van der Waals surface area (Å²) in [7, 11) is 0. The van der Waals surface area contributed by atoms with Gasteiger partial charge < -0.3 is 10.5 Å². The SMILES string of the molecule is CCC(C)C(=O)OCCSCC(C)C(N)=O. The third-order valence-corrected chi connectivity index (χ3v) is 3.53. The van der Waals surface area contributed by atoms with E-state index in [0.29, 0.717) is 18.1 Å². The Balaban J connectivity index is 3.47. The van der Waals surface area contributed by atoms with Crippen molar-refractivity contribution in [3.05, 3.63) is 0 Å². The van der Waals surface area contributed by atoms with Gasteiger partial charge in [0.25, 0.3) is 0 Å². The van der Waals surface area contributed by atoms with Crippen molar-refractivity contribution >= 4 is 23.6 Å². The lowest BCUT2D eigenvalue weighted by molar-refractivity contribution is -0.147. The smallest absolute Gasteiger partial charge is 0.308 e. The topological polar surface area (TPSA) is 69.4 Å². The normalized spacial score (nSPS) is 14.2. The zero-order valence-corrected chi connectivity index (χ0v) is 11.0. The second-order valence-corrected chi connectivity index (χ2v) is 5.00. The van der Waals surface area contributed by atoms with Gasteiger partial charge in [0, 0.05) is 17.4 Å². The summed E-state index contributed by atoms with van der Waals surface area (Å²) in [6.07, 6.45) is 0.796. The van der Waals surface area contributed by atoms with Crippen LogP contribution in [0.1, 0.15) is 27.2 Å². The van der Waals surface area contributed by atoms with Crippen molar-refractivity contribution in [1.82, 2.24) is 0 Å². The molecule has 0 aromatic carbocycles. The molecule has 0 fully saturated rings. The van der Waals surface area contributed by atoms with Crippen LogP contribution in [0.5, 0.6) is 0 Å². The van der Waals surface area contributed by atoms with Gasteiger partial charge in [0.1, 0.15) is 6.61 Å². The summed E-state index contributed by atoms with van der Waals surface area (Å²) in [4.78, 5) is 22.0. The Morgan fingerprint density at radius 3 is 2.44 bits per heavy atom. The van der Waals surface area contributed by atoms with E-state index in [1.807, 2.05) is 13.8 Å².